The molecule has 3 aromatic heterocycles. The molecule has 1 amide bonds. The lowest BCUT2D eigenvalue weighted by molar-refractivity contribution is 0.0674. The molecule has 0 bridgehead atoms. The van der Waals surface area contributed by atoms with E-state index >= 15 is 0 Å². The van der Waals surface area contributed by atoms with Crippen molar-refractivity contribution in [3.8, 4) is 0 Å². The molecule has 1 saturated heterocycles. The van der Waals surface area contributed by atoms with Gasteiger partial charge in [0.1, 0.15) is 0 Å². The van der Waals surface area contributed by atoms with Crippen LogP contribution < -0.4 is 5.69 Å². The largest absolute Gasteiger partial charge is 0.438 e. The lowest BCUT2D eigenvalue weighted by Crippen LogP contribution is -2.39. The van der Waals surface area contributed by atoms with Gasteiger partial charge in [-0.3, -0.25) is 13.9 Å². The summed E-state index contributed by atoms with van der Waals surface area (Å²) in [5, 5.41) is 0. The first-order valence-electron chi connectivity index (χ1n) is 9.98. The predicted molar refractivity (Wildman–Crippen MR) is 109 cm³/mol. The van der Waals surface area contributed by atoms with Crippen LogP contribution in [0, 0.1) is 5.41 Å². The van der Waals surface area contributed by atoms with Crippen molar-refractivity contribution in [2.45, 2.75) is 46.1 Å². The Morgan fingerprint density at radius 3 is 2.79 bits per heavy atom. The number of amides is 1. The minimum atomic E-state index is -0.142. The number of hydrogen-bond donors (Lipinski definition) is 0. The minimum absolute atomic E-state index is 0.0122. The molecule has 4 rings (SSSR count). The number of fused-ring (bicyclic) bond motifs is 1. The SMILES string of the molecule is Cn1c(=O)n(CC(C)(C)C)c2ccc(C3CCCN(C(=O)c4cnco4)C3)nc21. The van der Waals surface area contributed by atoms with Crippen molar-refractivity contribution in [3.63, 3.8) is 0 Å². The molecule has 0 saturated carbocycles. The minimum Gasteiger partial charge on any atom is -0.438 e. The Morgan fingerprint density at radius 2 is 2.10 bits per heavy atom. The molecule has 8 nitrogen and oxygen atoms in total. The third-order valence-corrected chi connectivity index (χ3v) is 5.40. The first-order chi connectivity index (χ1) is 13.7. The molecular weight excluding hydrogens is 370 g/mol. The molecule has 1 atom stereocenters. The van der Waals surface area contributed by atoms with Crippen molar-refractivity contribution in [3.05, 3.63) is 46.7 Å². The van der Waals surface area contributed by atoms with Crippen molar-refractivity contribution in [1.29, 1.82) is 0 Å². The summed E-state index contributed by atoms with van der Waals surface area (Å²) in [5.41, 5.74) is 2.39. The van der Waals surface area contributed by atoms with E-state index in [0.717, 1.165) is 24.1 Å². The lowest BCUT2D eigenvalue weighted by Gasteiger charge is -2.31. The van der Waals surface area contributed by atoms with Crippen LogP contribution in [-0.4, -0.2) is 43.0 Å². The summed E-state index contributed by atoms with van der Waals surface area (Å²) in [6.07, 6.45) is 4.57. The van der Waals surface area contributed by atoms with Gasteiger partial charge in [-0.1, -0.05) is 20.8 Å². The third-order valence-electron chi connectivity index (χ3n) is 5.40. The Labute approximate surface area is 169 Å². The lowest BCUT2D eigenvalue weighted by atomic mass is 9.94. The molecular formula is C21H27N5O3. The number of pyridine rings is 1. The summed E-state index contributed by atoms with van der Waals surface area (Å²) in [4.78, 5) is 35.8. The fraction of sp³-hybridized carbons (Fsp3) is 0.524. The van der Waals surface area contributed by atoms with Crippen LogP contribution >= 0.6 is 0 Å². The van der Waals surface area contributed by atoms with Crippen LogP contribution in [0.15, 0.2) is 33.9 Å². The monoisotopic (exact) mass is 397 g/mol. The molecule has 3 aromatic rings. The van der Waals surface area contributed by atoms with E-state index < -0.39 is 0 Å². The highest BCUT2D eigenvalue weighted by Crippen LogP contribution is 2.28. The molecule has 4 heterocycles. The topological polar surface area (TPSA) is 86.2 Å². The molecule has 1 unspecified atom stereocenters. The van der Waals surface area contributed by atoms with Crippen molar-refractivity contribution in [2.75, 3.05) is 13.1 Å². The van der Waals surface area contributed by atoms with Crippen LogP contribution in [0.3, 0.4) is 0 Å². The zero-order valence-electron chi connectivity index (χ0n) is 17.4. The van der Waals surface area contributed by atoms with Gasteiger partial charge in [0.05, 0.1) is 11.7 Å². The van der Waals surface area contributed by atoms with Crippen LogP contribution in [0.5, 0.6) is 0 Å². The summed E-state index contributed by atoms with van der Waals surface area (Å²) in [6, 6.07) is 3.98. The first kappa shape index (κ1) is 19.4. The predicted octanol–water partition coefficient (Wildman–Crippen LogP) is 2.79. The zero-order chi connectivity index (χ0) is 20.8. The van der Waals surface area contributed by atoms with Crippen LogP contribution in [0.2, 0.25) is 0 Å². The number of piperidine rings is 1. The van der Waals surface area contributed by atoms with E-state index in [1.807, 2.05) is 12.1 Å². The number of aromatic nitrogens is 4. The highest BCUT2D eigenvalue weighted by molar-refractivity contribution is 5.91. The highest BCUT2D eigenvalue weighted by atomic mass is 16.3. The van der Waals surface area contributed by atoms with Crippen LogP contribution in [0.1, 0.15) is 55.8 Å². The van der Waals surface area contributed by atoms with Gasteiger partial charge in [0, 0.05) is 38.3 Å². The Bertz CT molecular complexity index is 1090. The van der Waals surface area contributed by atoms with E-state index in [2.05, 4.69) is 25.8 Å². The van der Waals surface area contributed by atoms with Gasteiger partial charge in [-0.2, -0.15) is 0 Å². The molecule has 0 spiro atoms. The number of hydrogen-bond acceptors (Lipinski definition) is 5. The maximum Gasteiger partial charge on any atom is 0.330 e. The van der Waals surface area contributed by atoms with Crippen LogP contribution in [0.25, 0.3) is 11.2 Å². The number of oxazole rings is 1. The number of likely N-dealkylation sites (tertiary alicyclic amines) is 1. The molecule has 1 aliphatic rings. The summed E-state index contributed by atoms with van der Waals surface area (Å²) in [7, 11) is 1.77. The van der Waals surface area contributed by atoms with Crippen molar-refractivity contribution < 1.29 is 9.21 Å². The number of aryl methyl sites for hydroxylation is 1. The maximum absolute atomic E-state index is 12.7. The zero-order valence-corrected chi connectivity index (χ0v) is 17.4. The standard InChI is InChI=1S/C21H27N5O3/c1-21(2,3)12-26-16-8-7-15(23-18(16)24(4)20(26)28)14-6-5-9-25(11-14)19(27)17-10-22-13-29-17/h7-8,10,13-14H,5-6,9,11-12H2,1-4H3. The molecule has 0 aromatic carbocycles. The molecule has 0 N–H and O–H groups in total. The molecule has 29 heavy (non-hydrogen) atoms. The van der Waals surface area contributed by atoms with Crippen molar-refractivity contribution >= 4 is 17.1 Å². The highest BCUT2D eigenvalue weighted by Gasteiger charge is 2.28. The van der Waals surface area contributed by atoms with E-state index in [-0.39, 0.29) is 28.7 Å². The second-order valence-corrected chi connectivity index (χ2v) is 9.02. The average molecular weight is 397 g/mol. The number of imidazole rings is 1. The first-order valence-corrected chi connectivity index (χ1v) is 9.98. The van der Waals surface area contributed by atoms with Crippen LogP contribution in [0.4, 0.5) is 0 Å². The molecule has 0 radical (unpaired) electrons. The Balaban J connectivity index is 1.63. The smallest absolute Gasteiger partial charge is 0.330 e. The second-order valence-electron chi connectivity index (χ2n) is 9.02. The Kier molecular flexibility index (Phi) is 4.80. The Morgan fingerprint density at radius 1 is 1.31 bits per heavy atom. The quantitative estimate of drug-likeness (QED) is 0.678. The van der Waals surface area contributed by atoms with E-state index in [0.29, 0.717) is 25.3 Å². The number of carbonyl (C=O) groups excluding carboxylic acids is 1. The van der Waals surface area contributed by atoms with Gasteiger partial charge in [0.25, 0.3) is 5.91 Å². The van der Waals surface area contributed by atoms with E-state index in [4.69, 9.17) is 9.40 Å². The normalized spacial score (nSPS) is 17.8. The summed E-state index contributed by atoms with van der Waals surface area (Å²) >= 11 is 0. The van der Waals surface area contributed by atoms with Gasteiger partial charge < -0.3 is 9.32 Å². The van der Waals surface area contributed by atoms with Gasteiger partial charge in [0.15, 0.2) is 12.0 Å². The number of nitrogens with zero attached hydrogens (tertiary/aromatic N) is 5. The van der Waals surface area contributed by atoms with Gasteiger partial charge in [-0.25, -0.2) is 14.8 Å². The van der Waals surface area contributed by atoms with Gasteiger partial charge in [-0.05, 0) is 30.4 Å². The average Bonchev–Trinajstić information content (AvgIpc) is 3.30. The Hall–Kier alpha value is -2.90. The van der Waals surface area contributed by atoms with Crippen molar-refractivity contribution in [1.82, 2.24) is 24.0 Å². The fourth-order valence-electron chi connectivity index (χ4n) is 4.02. The second kappa shape index (κ2) is 7.17. The molecule has 1 fully saturated rings. The molecule has 1 aliphatic heterocycles. The van der Waals surface area contributed by atoms with Gasteiger partial charge in [-0.15, -0.1) is 0 Å². The van der Waals surface area contributed by atoms with Gasteiger partial charge in [0.2, 0.25) is 5.76 Å². The number of rotatable bonds is 3. The van der Waals surface area contributed by atoms with E-state index in [9.17, 15) is 9.59 Å². The molecule has 8 heteroatoms. The van der Waals surface area contributed by atoms with Crippen molar-refractivity contribution in [2.24, 2.45) is 12.5 Å². The third kappa shape index (κ3) is 3.71. The summed E-state index contributed by atoms with van der Waals surface area (Å²) in [6.45, 7) is 8.24. The van der Waals surface area contributed by atoms with E-state index in [1.165, 1.54) is 12.6 Å². The van der Waals surface area contributed by atoms with E-state index in [1.54, 1.807) is 21.1 Å². The molecule has 154 valence electrons. The maximum atomic E-state index is 12.7. The molecule has 0 aliphatic carbocycles. The summed E-state index contributed by atoms with van der Waals surface area (Å²) < 4.78 is 8.57. The fourth-order valence-corrected chi connectivity index (χ4v) is 4.02. The summed E-state index contributed by atoms with van der Waals surface area (Å²) in [5.74, 6) is 0.244. The van der Waals surface area contributed by atoms with Gasteiger partial charge >= 0.3 is 5.69 Å². The number of carbonyl (C=O) groups is 1. The van der Waals surface area contributed by atoms with Crippen LogP contribution in [-0.2, 0) is 13.6 Å².